The van der Waals surface area contributed by atoms with Crippen molar-refractivity contribution in [3.8, 4) is 0 Å². The van der Waals surface area contributed by atoms with Crippen LogP contribution in [0, 0.1) is 0 Å². The highest BCUT2D eigenvalue weighted by molar-refractivity contribution is 7.19. The number of nitrogens with zero attached hydrogens (tertiary/aromatic N) is 3. The molecular formula is C18H23N3OS. The van der Waals surface area contributed by atoms with Gasteiger partial charge < -0.3 is 9.64 Å². The van der Waals surface area contributed by atoms with E-state index in [-0.39, 0.29) is 0 Å². The summed E-state index contributed by atoms with van der Waals surface area (Å²) >= 11 is 1.90. The van der Waals surface area contributed by atoms with Crippen LogP contribution in [0.15, 0.2) is 6.33 Å². The van der Waals surface area contributed by atoms with Gasteiger partial charge in [-0.3, -0.25) is 0 Å². The van der Waals surface area contributed by atoms with Gasteiger partial charge in [0.15, 0.2) is 0 Å². The standard InChI is InChI=1S/C18H23N3OS/c1-4-8-15-12(5-1)16-17(19-11-20-18(16)23-15)21-9-10-22-14-7-3-2-6-13(14)21/h11,13-14H,1-10H2/t13-,14+/m1/s1. The predicted molar refractivity (Wildman–Crippen MR) is 93.4 cm³/mol. The summed E-state index contributed by atoms with van der Waals surface area (Å²) in [7, 11) is 0. The van der Waals surface area contributed by atoms with Crippen LogP contribution >= 0.6 is 11.3 Å². The van der Waals surface area contributed by atoms with Gasteiger partial charge in [0, 0.05) is 11.4 Å². The quantitative estimate of drug-likeness (QED) is 0.799. The Hall–Kier alpha value is -1.20. The van der Waals surface area contributed by atoms with E-state index in [1.54, 1.807) is 16.8 Å². The number of anilines is 1. The molecule has 0 bridgehead atoms. The molecule has 3 heterocycles. The number of rotatable bonds is 1. The largest absolute Gasteiger partial charge is 0.374 e. The van der Waals surface area contributed by atoms with E-state index in [0.29, 0.717) is 12.1 Å². The van der Waals surface area contributed by atoms with Crippen molar-refractivity contribution in [2.45, 2.75) is 63.5 Å². The molecule has 0 radical (unpaired) electrons. The lowest BCUT2D eigenvalue weighted by atomic mass is 9.89. The summed E-state index contributed by atoms with van der Waals surface area (Å²) in [6, 6.07) is 0.509. The first-order valence-corrected chi connectivity index (χ1v) is 9.87. The Morgan fingerprint density at radius 1 is 1.09 bits per heavy atom. The Bertz CT molecular complexity index is 726. The maximum absolute atomic E-state index is 6.06. The van der Waals surface area contributed by atoms with E-state index >= 15 is 0 Å². The molecule has 0 amide bonds. The Morgan fingerprint density at radius 2 is 2.00 bits per heavy atom. The topological polar surface area (TPSA) is 38.2 Å². The van der Waals surface area contributed by atoms with Crippen LogP contribution in [0.3, 0.4) is 0 Å². The summed E-state index contributed by atoms with van der Waals surface area (Å²) < 4.78 is 6.06. The van der Waals surface area contributed by atoms with Crippen LogP contribution in [0.2, 0.25) is 0 Å². The van der Waals surface area contributed by atoms with Crippen LogP contribution in [0.25, 0.3) is 10.2 Å². The highest BCUT2D eigenvalue weighted by atomic mass is 32.1. The summed E-state index contributed by atoms with van der Waals surface area (Å²) in [5.74, 6) is 1.19. The molecule has 0 aromatic carbocycles. The Balaban J connectivity index is 1.63. The normalized spacial score (nSPS) is 27.7. The Morgan fingerprint density at radius 3 is 3.00 bits per heavy atom. The molecule has 0 spiro atoms. The second-order valence-corrected chi connectivity index (χ2v) is 8.13. The van der Waals surface area contributed by atoms with Gasteiger partial charge in [0.25, 0.3) is 0 Å². The lowest BCUT2D eigenvalue weighted by Crippen LogP contribution is -2.53. The number of morpholine rings is 1. The average molecular weight is 329 g/mol. The predicted octanol–water partition coefficient (Wildman–Crippen LogP) is 3.72. The first-order valence-electron chi connectivity index (χ1n) is 9.05. The molecule has 5 heteroatoms. The lowest BCUT2D eigenvalue weighted by molar-refractivity contribution is -0.00887. The van der Waals surface area contributed by atoms with Crippen molar-refractivity contribution in [1.82, 2.24) is 9.97 Å². The van der Waals surface area contributed by atoms with Crippen molar-refractivity contribution in [3.05, 3.63) is 16.8 Å². The van der Waals surface area contributed by atoms with E-state index < -0.39 is 0 Å². The zero-order valence-electron chi connectivity index (χ0n) is 13.5. The van der Waals surface area contributed by atoms with Gasteiger partial charge in [-0.2, -0.15) is 0 Å². The van der Waals surface area contributed by atoms with E-state index in [9.17, 15) is 0 Å². The van der Waals surface area contributed by atoms with Crippen LogP contribution in [0.1, 0.15) is 49.0 Å². The number of fused-ring (bicyclic) bond motifs is 4. The van der Waals surface area contributed by atoms with Gasteiger partial charge >= 0.3 is 0 Å². The number of aryl methyl sites for hydroxylation is 2. The van der Waals surface area contributed by atoms with Crippen molar-refractivity contribution in [2.24, 2.45) is 0 Å². The van der Waals surface area contributed by atoms with E-state index in [4.69, 9.17) is 9.72 Å². The molecule has 3 aliphatic rings. The van der Waals surface area contributed by atoms with Gasteiger partial charge in [-0.05, 0) is 44.1 Å². The fraction of sp³-hybridized carbons (Fsp3) is 0.667. The summed E-state index contributed by atoms with van der Waals surface area (Å²) in [5, 5.41) is 1.36. The van der Waals surface area contributed by atoms with Crippen LogP contribution in [-0.2, 0) is 17.6 Å². The molecule has 5 rings (SSSR count). The van der Waals surface area contributed by atoms with E-state index in [2.05, 4.69) is 9.88 Å². The summed E-state index contributed by atoms with van der Waals surface area (Å²) in [6.45, 7) is 1.80. The van der Waals surface area contributed by atoms with Crippen LogP contribution in [0.4, 0.5) is 5.82 Å². The van der Waals surface area contributed by atoms with Crippen LogP contribution in [0.5, 0.6) is 0 Å². The molecule has 2 fully saturated rings. The molecule has 1 saturated heterocycles. The summed E-state index contributed by atoms with van der Waals surface area (Å²) in [4.78, 5) is 14.7. The van der Waals surface area contributed by atoms with Crippen LogP contribution < -0.4 is 4.90 Å². The zero-order valence-corrected chi connectivity index (χ0v) is 14.3. The third kappa shape index (κ3) is 2.28. The van der Waals surface area contributed by atoms with Gasteiger partial charge in [0.1, 0.15) is 17.0 Å². The van der Waals surface area contributed by atoms with E-state index in [0.717, 1.165) is 13.2 Å². The molecular weight excluding hydrogens is 306 g/mol. The first-order chi connectivity index (χ1) is 11.4. The minimum absolute atomic E-state index is 0.400. The molecule has 122 valence electrons. The number of hydrogen-bond donors (Lipinski definition) is 0. The second kappa shape index (κ2) is 5.71. The van der Waals surface area contributed by atoms with Crippen molar-refractivity contribution < 1.29 is 4.74 Å². The Labute approximate surface area is 140 Å². The highest BCUT2D eigenvalue weighted by Crippen LogP contribution is 2.41. The maximum Gasteiger partial charge on any atom is 0.141 e. The number of hydrogen-bond acceptors (Lipinski definition) is 5. The molecule has 23 heavy (non-hydrogen) atoms. The highest BCUT2D eigenvalue weighted by Gasteiger charge is 2.36. The molecule has 2 aromatic rings. The molecule has 4 nitrogen and oxygen atoms in total. The lowest BCUT2D eigenvalue weighted by Gasteiger charge is -2.44. The van der Waals surface area contributed by atoms with Crippen molar-refractivity contribution in [3.63, 3.8) is 0 Å². The molecule has 2 aromatic heterocycles. The van der Waals surface area contributed by atoms with Crippen LogP contribution in [-0.4, -0.2) is 35.3 Å². The molecule has 1 aliphatic heterocycles. The smallest absolute Gasteiger partial charge is 0.141 e. The van der Waals surface area contributed by atoms with Crippen molar-refractivity contribution in [1.29, 1.82) is 0 Å². The number of aromatic nitrogens is 2. The fourth-order valence-electron chi connectivity index (χ4n) is 4.65. The third-order valence-electron chi connectivity index (χ3n) is 5.74. The molecule has 2 atom stereocenters. The number of ether oxygens (including phenoxy) is 1. The minimum atomic E-state index is 0.400. The van der Waals surface area contributed by atoms with Gasteiger partial charge in [-0.15, -0.1) is 11.3 Å². The van der Waals surface area contributed by atoms with Crippen molar-refractivity contribution in [2.75, 3.05) is 18.1 Å². The Kier molecular flexibility index (Phi) is 3.52. The maximum atomic E-state index is 6.06. The monoisotopic (exact) mass is 329 g/mol. The van der Waals surface area contributed by atoms with Gasteiger partial charge in [0.05, 0.1) is 24.1 Å². The van der Waals surface area contributed by atoms with Gasteiger partial charge in [-0.25, -0.2) is 9.97 Å². The summed E-state index contributed by atoms with van der Waals surface area (Å²) in [6.07, 6.45) is 12.3. The van der Waals surface area contributed by atoms with E-state index in [1.165, 1.54) is 67.4 Å². The molecule has 0 N–H and O–H groups in total. The first kappa shape index (κ1) is 14.2. The number of thiophene rings is 1. The fourth-order valence-corrected chi connectivity index (χ4v) is 5.87. The molecule has 0 unspecified atom stereocenters. The average Bonchev–Trinajstić information content (AvgIpc) is 3.00. The second-order valence-electron chi connectivity index (χ2n) is 7.04. The van der Waals surface area contributed by atoms with E-state index in [1.807, 2.05) is 11.3 Å². The zero-order chi connectivity index (χ0) is 15.2. The molecule has 2 aliphatic carbocycles. The minimum Gasteiger partial charge on any atom is -0.374 e. The third-order valence-corrected chi connectivity index (χ3v) is 6.94. The van der Waals surface area contributed by atoms with Gasteiger partial charge in [-0.1, -0.05) is 12.8 Å². The van der Waals surface area contributed by atoms with Crippen molar-refractivity contribution >= 4 is 27.4 Å². The molecule has 1 saturated carbocycles. The van der Waals surface area contributed by atoms with Gasteiger partial charge in [0.2, 0.25) is 0 Å². The summed E-state index contributed by atoms with van der Waals surface area (Å²) in [5.41, 5.74) is 1.55. The SMILES string of the molecule is c1nc(N2CCO[C@H]3CCCC[C@H]32)c2c3c(sc2n1)CCCC3.